The topological polar surface area (TPSA) is 117 Å². The van der Waals surface area contributed by atoms with Crippen molar-refractivity contribution < 1.29 is 23.8 Å². The quantitative estimate of drug-likeness (QED) is 0.208. The minimum absolute atomic E-state index is 0.0345. The molecule has 0 radical (unpaired) electrons. The third-order valence-corrected chi connectivity index (χ3v) is 8.07. The van der Waals surface area contributed by atoms with E-state index in [0.717, 1.165) is 36.1 Å². The maximum absolute atomic E-state index is 14.6. The van der Waals surface area contributed by atoms with Crippen LogP contribution >= 0.6 is 22.6 Å². The molecule has 11 heteroatoms. The number of aromatic amines is 1. The maximum atomic E-state index is 14.6. The highest BCUT2D eigenvalue weighted by molar-refractivity contribution is 14.1. The third kappa shape index (κ3) is 6.35. The maximum Gasteiger partial charge on any atom is 0.329 e. The van der Waals surface area contributed by atoms with Crippen LogP contribution in [0.15, 0.2) is 77.6 Å². The lowest BCUT2D eigenvalue weighted by Gasteiger charge is -2.25. The van der Waals surface area contributed by atoms with E-state index in [-0.39, 0.29) is 23.9 Å². The molecule has 0 saturated carbocycles. The van der Waals surface area contributed by atoms with Gasteiger partial charge in [0.25, 0.3) is 5.91 Å². The average molecular weight is 685 g/mol. The zero-order valence-corrected chi connectivity index (χ0v) is 25.0. The second kappa shape index (κ2) is 12.8. The molecule has 0 bridgehead atoms. The van der Waals surface area contributed by atoms with Crippen LogP contribution in [0.2, 0.25) is 0 Å². The van der Waals surface area contributed by atoms with Gasteiger partial charge in [0, 0.05) is 28.1 Å². The molecular weight excluding hydrogens is 654 g/mol. The number of carbonyl (C=O) groups excluding carboxylic acids is 2. The smallest absolute Gasteiger partial charge is 0.329 e. The van der Waals surface area contributed by atoms with Gasteiger partial charge in [-0.3, -0.25) is 9.59 Å². The number of aromatic hydroxyl groups is 1. The fourth-order valence-corrected chi connectivity index (χ4v) is 5.58. The van der Waals surface area contributed by atoms with Gasteiger partial charge in [-0.05, 0) is 83.5 Å². The molecule has 1 fully saturated rings. The van der Waals surface area contributed by atoms with Crippen LogP contribution in [0.5, 0.6) is 11.6 Å². The number of anilines is 1. The van der Waals surface area contributed by atoms with E-state index in [0.29, 0.717) is 14.9 Å². The van der Waals surface area contributed by atoms with Crippen LogP contribution < -0.4 is 15.7 Å². The highest BCUT2D eigenvalue weighted by Gasteiger charge is 2.33. The van der Waals surface area contributed by atoms with Gasteiger partial charge in [0.15, 0.2) is 6.61 Å². The lowest BCUT2D eigenvalue weighted by atomic mass is 9.92. The van der Waals surface area contributed by atoms with Gasteiger partial charge in [-0.15, -0.1) is 0 Å². The van der Waals surface area contributed by atoms with Crippen molar-refractivity contribution in [3.63, 3.8) is 0 Å². The minimum atomic E-state index is -1.22. The summed E-state index contributed by atoms with van der Waals surface area (Å²) < 4.78 is 21.9. The molecule has 0 unspecified atom stereocenters. The van der Waals surface area contributed by atoms with Crippen LogP contribution in [0.3, 0.4) is 0 Å². The van der Waals surface area contributed by atoms with E-state index < -0.39 is 35.3 Å². The lowest BCUT2D eigenvalue weighted by Crippen LogP contribution is -2.35. The van der Waals surface area contributed by atoms with E-state index in [1.807, 2.05) is 52.9 Å². The number of benzene rings is 3. The number of amides is 2. The first kappa shape index (κ1) is 29.4. The Morgan fingerprint density at radius 2 is 1.76 bits per heavy atom. The molecule has 3 aromatic carbocycles. The summed E-state index contributed by atoms with van der Waals surface area (Å²) in [7, 11) is 0. The number of ether oxygens (including phenoxy) is 1. The molecule has 2 amide bonds. The number of hydrogen-bond donors (Lipinski definition) is 3. The normalized spacial score (nSPS) is 14.4. The van der Waals surface area contributed by atoms with Crippen LogP contribution in [-0.4, -0.2) is 51.1 Å². The lowest BCUT2D eigenvalue weighted by molar-refractivity contribution is -0.132. The fraction of sp³-hybridized carbons (Fsp3) is 0.258. The second-order valence-electron chi connectivity index (χ2n) is 10.2. The molecule has 2 atom stereocenters. The molecule has 9 nitrogen and oxygen atoms in total. The molecule has 218 valence electrons. The van der Waals surface area contributed by atoms with Gasteiger partial charge in [0.1, 0.15) is 23.3 Å². The number of rotatable bonds is 9. The minimum Gasteiger partial charge on any atom is -0.493 e. The molecule has 2 heterocycles. The Hall–Kier alpha value is -4.13. The van der Waals surface area contributed by atoms with Gasteiger partial charge in [0.2, 0.25) is 11.8 Å². The van der Waals surface area contributed by atoms with Gasteiger partial charge in [0.05, 0.1) is 5.69 Å². The Kier molecular flexibility index (Phi) is 8.95. The number of imidazole rings is 1. The molecule has 4 aromatic rings. The van der Waals surface area contributed by atoms with Gasteiger partial charge < -0.3 is 25.0 Å². The molecule has 1 aliphatic rings. The standard InChI is InChI=1S/C31H30FIN4O5/c1-19(20-7-3-2-4-8-20)28(29(39)34-25-14-11-22(33)17-24(25)32)37-30(40)27(35-31(37)41)21-9-12-23(13-10-21)42-18-26(38)36-15-5-6-16-36/h2-4,7-14,17,19,28,40H,5-6,15-16,18H2,1H3,(H,34,39)(H,35,41)/t19-,28-/m0/s1. The number of halogens is 2. The van der Waals surface area contributed by atoms with E-state index >= 15 is 0 Å². The number of carbonyl (C=O) groups is 2. The van der Waals surface area contributed by atoms with Crippen molar-refractivity contribution in [2.24, 2.45) is 0 Å². The van der Waals surface area contributed by atoms with Crippen LogP contribution in [0.1, 0.15) is 37.3 Å². The van der Waals surface area contributed by atoms with Crippen molar-refractivity contribution in [1.82, 2.24) is 14.5 Å². The first-order valence-corrected chi connectivity index (χ1v) is 14.7. The average Bonchev–Trinajstić information content (AvgIpc) is 3.63. The Labute approximate surface area is 255 Å². The van der Waals surface area contributed by atoms with Crippen LogP contribution in [0.25, 0.3) is 11.3 Å². The molecule has 1 saturated heterocycles. The monoisotopic (exact) mass is 684 g/mol. The van der Waals surface area contributed by atoms with Crippen molar-refractivity contribution in [3.8, 4) is 22.9 Å². The first-order chi connectivity index (χ1) is 20.2. The molecule has 0 aliphatic carbocycles. The zero-order valence-electron chi connectivity index (χ0n) is 22.8. The number of hydrogen-bond acceptors (Lipinski definition) is 5. The molecule has 1 aromatic heterocycles. The molecule has 0 spiro atoms. The van der Waals surface area contributed by atoms with Crippen molar-refractivity contribution >= 4 is 40.1 Å². The van der Waals surface area contributed by atoms with Crippen LogP contribution in [0.4, 0.5) is 10.1 Å². The summed E-state index contributed by atoms with van der Waals surface area (Å²) in [6.45, 7) is 3.17. The van der Waals surface area contributed by atoms with Gasteiger partial charge in [-0.1, -0.05) is 37.3 Å². The summed E-state index contributed by atoms with van der Waals surface area (Å²) in [4.78, 5) is 43.7. The Bertz CT molecular complexity index is 1630. The Morgan fingerprint density at radius 1 is 1.07 bits per heavy atom. The van der Waals surface area contributed by atoms with Gasteiger partial charge >= 0.3 is 5.69 Å². The van der Waals surface area contributed by atoms with E-state index in [1.165, 1.54) is 12.1 Å². The van der Waals surface area contributed by atoms with Crippen molar-refractivity contribution in [2.45, 2.75) is 31.7 Å². The van der Waals surface area contributed by atoms with E-state index in [2.05, 4.69) is 10.3 Å². The van der Waals surface area contributed by atoms with Crippen molar-refractivity contribution in [3.05, 3.63) is 98.2 Å². The summed E-state index contributed by atoms with van der Waals surface area (Å²) in [6, 6.07) is 18.8. The number of nitrogens with one attached hydrogen (secondary N) is 2. The molecular formula is C31H30FIN4O5. The summed E-state index contributed by atoms with van der Waals surface area (Å²) in [5.41, 5.74) is 0.590. The highest BCUT2D eigenvalue weighted by Crippen LogP contribution is 2.36. The van der Waals surface area contributed by atoms with E-state index in [1.54, 1.807) is 42.2 Å². The predicted octanol–water partition coefficient (Wildman–Crippen LogP) is 5.28. The number of H-pyrrole nitrogens is 1. The summed E-state index contributed by atoms with van der Waals surface area (Å²) in [6.07, 6.45) is 1.99. The first-order valence-electron chi connectivity index (χ1n) is 13.6. The number of likely N-dealkylation sites (tertiary alicyclic amines) is 1. The highest BCUT2D eigenvalue weighted by atomic mass is 127. The Balaban J connectivity index is 1.43. The Morgan fingerprint density at radius 3 is 2.43 bits per heavy atom. The summed E-state index contributed by atoms with van der Waals surface area (Å²) in [5, 5.41) is 13.9. The summed E-state index contributed by atoms with van der Waals surface area (Å²) >= 11 is 1.97. The SMILES string of the molecule is C[C@@H](c1ccccc1)[C@@H](C(=O)Nc1ccc(I)cc1F)n1c(O)c(-c2ccc(OCC(=O)N3CCCC3)cc2)[nH]c1=O. The van der Waals surface area contributed by atoms with Gasteiger partial charge in [-0.25, -0.2) is 13.8 Å². The predicted molar refractivity (Wildman–Crippen MR) is 165 cm³/mol. The number of aromatic nitrogens is 2. The van der Waals surface area contributed by atoms with Crippen LogP contribution in [0, 0.1) is 9.39 Å². The van der Waals surface area contributed by atoms with Crippen LogP contribution in [-0.2, 0) is 9.59 Å². The zero-order chi connectivity index (χ0) is 29.8. The third-order valence-electron chi connectivity index (χ3n) is 7.40. The largest absolute Gasteiger partial charge is 0.493 e. The van der Waals surface area contributed by atoms with Crippen molar-refractivity contribution in [1.29, 1.82) is 0 Å². The molecule has 5 rings (SSSR count). The fourth-order valence-electron chi connectivity index (χ4n) is 5.12. The molecule has 3 N–H and O–H groups in total. The second-order valence-corrected chi connectivity index (χ2v) is 11.4. The number of nitrogens with zero attached hydrogens (tertiary/aromatic N) is 2. The van der Waals surface area contributed by atoms with Crippen molar-refractivity contribution in [2.75, 3.05) is 25.0 Å². The van der Waals surface area contributed by atoms with Gasteiger partial charge in [-0.2, -0.15) is 0 Å². The van der Waals surface area contributed by atoms with E-state index in [4.69, 9.17) is 4.74 Å². The molecule has 42 heavy (non-hydrogen) atoms. The van der Waals surface area contributed by atoms with E-state index in [9.17, 15) is 23.9 Å². The summed E-state index contributed by atoms with van der Waals surface area (Å²) in [5.74, 6) is -1.91. The molecule has 1 aliphatic heterocycles.